The van der Waals surface area contributed by atoms with Crippen molar-refractivity contribution in [2.75, 3.05) is 7.11 Å². The van der Waals surface area contributed by atoms with Crippen LogP contribution in [0.3, 0.4) is 0 Å². The molecule has 4 nitrogen and oxygen atoms in total. The van der Waals surface area contributed by atoms with E-state index in [1.165, 1.54) is 6.07 Å². The number of phenolic OH excluding ortho intramolecular Hbond substituents is 1. The van der Waals surface area contributed by atoms with Crippen LogP contribution in [0.2, 0.25) is 0 Å². The highest BCUT2D eigenvalue weighted by atomic mass is 16.5. The Hall–Kier alpha value is -2.75. The fourth-order valence-electron chi connectivity index (χ4n) is 3.13. The van der Waals surface area contributed by atoms with Gasteiger partial charge in [-0.2, -0.15) is 0 Å². The molecule has 0 aliphatic rings. The van der Waals surface area contributed by atoms with Crippen molar-refractivity contribution in [2.45, 2.75) is 33.6 Å². The largest absolute Gasteiger partial charge is 0.507 e. The smallest absolute Gasteiger partial charge is 0.197 e. The second kappa shape index (κ2) is 7.24. The number of phenols is 1. The summed E-state index contributed by atoms with van der Waals surface area (Å²) < 4.78 is 11.3. The van der Waals surface area contributed by atoms with Crippen molar-refractivity contribution in [1.82, 2.24) is 0 Å². The highest BCUT2D eigenvalue weighted by Crippen LogP contribution is 2.33. The molecule has 0 saturated heterocycles. The topological polar surface area (TPSA) is 59.7 Å². The van der Waals surface area contributed by atoms with Crippen molar-refractivity contribution in [3.05, 3.63) is 57.7 Å². The van der Waals surface area contributed by atoms with E-state index < -0.39 is 0 Å². The first-order valence-corrected chi connectivity index (χ1v) is 8.84. The number of hydrogen-bond acceptors (Lipinski definition) is 4. The highest BCUT2D eigenvalue weighted by Gasteiger charge is 2.17. The summed E-state index contributed by atoms with van der Waals surface area (Å²) in [6.07, 6.45) is 1.78. The van der Waals surface area contributed by atoms with Crippen LogP contribution in [-0.4, -0.2) is 12.2 Å². The van der Waals surface area contributed by atoms with E-state index in [-0.39, 0.29) is 16.6 Å². The second-order valence-corrected chi connectivity index (χ2v) is 7.03. The number of hydrogen-bond donors (Lipinski definition) is 1. The van der Waals surface area contributed by atoms with Crippen molar-refractivity contribution in [3.63, 3.8) is 0 Å². The fraction of sp³-hybridized carbons (Fsp3) is 0.318. The number of benzene rings is 2. The average molecular weight is 352 g/mol. The van der Waals surface area contributed by atoms with E-state index in [2.05, 4.69) is 13.8 Å². The van der Waals surface area contributed by atoms with Gasteiger partial charge in [0.2, 0.25) is 0 Å². The van der Waals surface area contributed by atoms with E-state index in [0.717, 1.165) is 35.3 Å². The SMILES string of the molecule is COc1ccc(-c2cc(=O)c3c(O)cc(C)c(CCC(C)C)c3o2)cc1. The molecule has 0 aliphatic carbocycles. The van der Waals surface area contributed by atoms with E-state index in [0.29, 0.717) is 17.3 Å². The Kier molecular flexibility index (Phi) is 5.03. The van der Waals surface area contributed by atoms with Crippen LogP contribution in [0.5, 0.6) is 11.5 Å². The molecule has 0 amide bonds. The Morgan fingerprint density at radius 3 is 2.46 bits per heavy atom. The highest BCUT2D eigenvalue weighted by molar-refractivity contribution is 5.88. The third-order valence-electron chi connectivity index (χ3n) is 4.65. The monoisotopic (exact) mass is 352 g/mol. The summed E-state index contributed by atoms with van der Waals surface area (Å²) in [5.41, 5.74) is 2.96. The normalized spacial score (nSPS) is 11.3. The first-order valence-electron chi connectivity index (χ1n) is 8.84. The second-order valence-electron chi connectivity index (χ2n) is 7.03. The van der Waals surface area contributed by atoms with E-state index in [1.807, 2.05) is 31.2 Å². The number of rotatable bonds is 5. The maximum Gasteiger partial charge on any atom is 0.197 e. The van der Waals surface area contributed by atoms with Gasteiger partial charge in [0.25, 0.3) is 0 Å². The molecule has 0 fully saturated rings. The van der Waals surface area contributed by atoms with Gasteiger partial charge in [0.1, 0.15) is 28.2 Å². The van der Waals surface area contributed by atoms with Gasteiger partial charge in [-0.25, -0.2) is 0 Å². The molecular weight excluding hydrogens is 328 g/mol. The van der Waals surface area contributed by atoms with Crippen LogP contribution < -0.4 is 10.2 Å². The van der Waals surface area contributed by atoms with E-state index in [9.17, 15) is 9.90 Å². The number of fused-ring (bicyclic) bond motifs is 1. The summed E-state index contributed by atoms with van der Waals surface area (Å²) >= 11 is 0. The molecule has 3 rings (SSSR count). The lowest BCUT2D eigenvalue weighted by Gasteiger charge is -2.13. The van der Waals surface area contributed by atoms with Crippen molar-refractivity contribution in [2.24, 2.45) is 5.92 Å². The van der Waals surface area contributed by atoms with Crippen LogP contribution >= 0.6 is 0 Å². The Labute approximate surface area is 153 Å². The van der Waals surface area contributed by atoms with Crippen molar-refractivity contribution in [1.29, 1.82) is 0 Å². The summed E-state index contributed by atoms with van der Waals surface area (Å²) in [5.74, 6) is 1.74. The standard InChI is InChI=1S/C22H24O4/c1-13(2)5-10-17-14(3)11-18(23)21-19(24)12-20(26-22(17)21)15-6-8-16(25-4)9-7-15/h6-9,11-13,23H,5,10H2,1-4H3. The van der Waals surface area contributed by atoms with Crippen LogP contribution in [0.15, 0.2) is 45.6 Å². The lowest BCUT2D eigenvalue weighted by atomic mass is 9.96. The summed E-state index contributed by atoms with van der Waals surface area (Å²) in [7, 11) is 1.61. The van der Waals surface area contributed by atoms with Gasteiger partial charge in [0, 0.05) is 11.6 Å². The summed E-state index contributed by atoms with van der Waals surface area (Å²) in [5, 5.41) is 10.5. The van der Waals surface area contributed by atoms with Crippen molar-refractivity contribution in [3.8, 4) is 22.8 Å². The summed E-state index contributed by atoms with van der Waals surface area (Å²) in [4.78, 5) is 12.7. The predicted octanol–water partition coefficient (Wildman–Crippen LogP) is 5.07. The minimum atomic E-state index is -0.236. The van der Waals surface area contributed by atoms with Gasteiger partial charge in [0.05, 0.1) is 7.11 Å². The zero-order valence-electron chi connectivity index (χ0n) is 15.6. The first kappa shape index (κ1) is 18.1. The molecule has 0 aliphatic heterocycles. The van der Waals surface area contributed by atoms with Gasteiger partial charge in [-0.15, -0.1) is 0 Å². The molecule has 0 saturated carbocycles. The lowest BCUT2D eigenvalue weighted by Crippen LogP contribution is -2.05. The molecule has 1 heterocycles. The number of aryl methyl sites for hydroxylation is 2. The molecular formula is C22H24O4. The molecule has 0 spiro atoms. The predicted molar refractivity (Wildman–Crippen MR) is 104 cm³/mol. The number of aromatic hydroxyl groups is 1. The number of methoxy groups -OCH3 is 1. The third kappa shape index (κ3) is 3.45. The number of ether oxygens (including phenoxy) is 1. The minimum absolute atomic E-state index is 0.0270. The maximum absolute atomic E-state index is 12.7. The molecule has 0 radical (unpaired) electrons. The Morgan fingerprint density at radius 2 is 1.85 bits per heavy atom. The molecule has 0 unspecified atom stereocenters. The molecule has 26 heavy (non-hydrogen) atoms. The minimum Gasteiger partial charge on any atom is -0.507 e. The Balaban J connectivity index is 2.21. The Morgan fingerprint density at radius 1 is 1.15 bits per heavy atom. The molecule has 2 aromatic carbocycles. The average Bonchev–Trinajstić information content (AvgIpc) is 2.60. The van der Waals surface area contributed by atoms with Gasteiger partial charge in [-0.05, 0) is 67.1 Å². The summed E-state index contributed by atoms with van der Waals surface area (Å²) in [6, 6.07) is 10.5. The van der Waals surface area contributed by atoms with Gasteiger partial charge in [-0.3, -0.25) is 4.79 Å². The fourth-order valence-corrected chi connectivity index (χ4v) is 3.13. The molecule has 1 N–H and O–H groups in total. The molecule has 136 valence electrons. The van der Waals surface area contributed by atoms with Crippen LogP contribution in [0, 0.1) is 12.8 Å². The van der Waals surface area contributed by atoms with Crippen LogP contribution in [-0.2, 0) is 6.42 Å². The molecule has 1 aromatic heterocycles. The van der Waals surface area contributed by atoms with Crippen LogP contribution in [0.4, 0.5) is 0 Å². The molecule has 0 atom stereocenters. The maximum atomic E-state index is 12.7. The zero-order chi connectivity index (χ0) is 18.8. The quantitative estimate of drug-likeness (QED) is 0.696. The van der Waals surface area contributed by atoms with Gasteiger partial charge >= 0.3 is 0 Å². The van der Waals surface area contributed by atoms with Gasteiger partial charge in [-0.1, -0.05) is 13.8 Å². The van der Waals surface area contributed by atoms with Gasteiger partial charge < -0.3 is 14.3 Å². The first-order chi connectivity index (χ1) is 12.4. The van der Waals surface area contributed by atoms with Crippen molar-refractivity contribution >= 4 is 11.0 Å². The van der Waals surface area contributed by atoms with E-state index in [1.54, 1.807) is 13.2 Å². The molecule has 4 heteroatoms. The molecule has 0 bridgehead atoms. The van der Waals surface area contributed by atoms with E-state index in [4.69, 9.17) is 9.15 Å². The third-order valence-corrected chi connectivity index (χ3v) is 4.65. The Bertz CT molecular complexity index is 982. The van der Waals surface area contributed by atoms with Crippen molar-refractivity contribution < 1.29 is 14.3 Å². The molecule has 3 aromatic rings. The zero-order valence-corrected chi connectivity index (χ0v) is 15.6. The van der Waals surface area contributed by atoms with E-state index >= 15 is 0 Å². The van der Waals surface area contributed by atoms with Crippen LogP contribution in [0.1, 0.15) is 31.4 Å². The van der Waals surface area contributed by atoms with Gasteiger partial charge in [0.15, 0.2) is 5.43 Å². The summed E-state index contributed by atoms with van der Waals surface area (Å²) in [6.45, 7) is 6.27. The van der Waals surface area contributed by atoms with Crippen LogP contribution in [0.25, 0.3) is 22.3 Å². The lowest BCUT2D eigenvalue weighted by molar-refractivity contribution is 0.415.